The van der Waals surface area contributed by atoms with Gasteiger partial charge in [0.2, 0.25) is 0 Å². The monoisotopic (exact) mass is 247 g/mol. The zero-order valence-electron chi connectivity index (χ0n) is 10.8. The molecule has 0 saturated heterocycles. The third-order valence-electron chi connectivity index (χ3n) is 2.84. The van der Waals surface area contributed by atoms with Gasteiger partial charge in [-0.1, -0.05) is 44.9 Å². The molecule has 0 aliphatic carbocycles. The fourth-order valence-electron chi connectivity index (χ4n) is 1.72. The summed E-state index contributed by atoms with van der Waals surface area (Å²) in [5, 5.41) is 0. The topological polar surface area (TPSA) is 26.0 Å². The molecule has 1 nitrogen and oxygen atoms in total. The molecular formula is C12H29NSSi. The van der Waals surface area contributed by atoms with Crippen molar-refractivity contribution in [1.82, 2.24) is 0 Å². The van der Waals surface area contributed by atoms with Crippen molar-refractivity contribution < 1.29 is 0 Å². The van der Waals surface area contributed by atoms with Crippen molar-refractivity contribution in [3.8, 4) is 0 Å². The van der Waals surface area contributed by atoms with E-state index in [1.165, 1.54) is 49.3 Å². The predicted molar refractivity (Wildman–Crippen MR) is 77.6 cm³/mol. The van der Waals surface area contributed by atoms with Gasteiger partial charge in [-0.3, -0.25) is 0 Å². The maximum absolute atomic E-state index is 5.46. The second-order valence-electron chi connectivity index (χ2n) is 5.13. The quantitative estimate of drug-likeness (QED) is 0.467. The molecule has 0 aliphatic heterocycles. The van der Waals surface area contributed by atoms with Crippen molar-refractivity contribution in [3.63, 3.8) is 0 Å². The molecule has 0 aliphatic rings. The molecule has 0 saturated carbocycles. The van der Waals surface area contributed by atoms with Crippen LogP contribution in [0.5, 0.6) is 0 Å². The largest absolute Gasteiger partial charge is 0.330 e. The van der Waals surface area contributed by atoms with Crippen LogP contribution in [0.1, 0.15) is 32.6 Å². The van der Waals surface area contributed by atoms with Crippen LogP contribution in [0, 0.1) is 0 Å². The molecule has 15 heavy (non-hydrogen) atoms. The number of nitrogens with two attached hydrogens (primary N) is 1. The molecule has 0 amide bonds. The first-order valence-corrected chi connectivity index (χ1v) is 11.0. The lowest BCUT2D eigenvalue weighted by Crippen LogP contribution is -2.24. The Kier molecular flexibility index (Phi) is 10.1. The second-order valence-corrected chi connectivity index (χ2v) is 11.7. The zero-order chi connectivity index (χ0) is 11.6. The smallest absolute Gasteiger partial charge is 0.0474 e. The van der Waals surface area contributed by atoms with Crippen LogP contribution in [0.15, 0.2) is 0 Å². The van der Waals surface area contributed by atoms with Crippen LogP contribution in [0.4, 0.5) is 0 Å². The molecule has 0 fully saturated rings. The van der Waals surface area contributed by atoms with Crippen molar-refractivity contribution >= 4 is 19.8 Å². The van der Waals surface area contributed by atoms with Gasteiger partial charge in [0, 0.05) is 8.07 Å². The molecular weight excluding hydrogens is 218 g/mol. The first kappa shape index (κ1) is 15.5. The van der Waals surface area contributed by atoms with E-state index in [9.17, 15) is 0 Å². The summed E-state index contributed by atoms with van der Waals surface area (Å²) in [5.74, 6) is 2.61. The van der Waals surface area contributed by atoms with Gasteiger partial charge in [0.15, 0.2) is 0 Å². The Morgan fingerprint density at radius 1 is 1.00 bits per heavy atom. The van der Waals surface area contributed by atoms with E-state index in [1.54, 1.807) is 0 Å². The van der Waals surface area contributed by atoms with Crippen molar-refractivity contribution in [2.75, 3.05) is 18.1 Å². The van der Waals surface area contributed by atoms with E-state index in [1.807, 2.05) is 0 Å². The van der Waals surface area contributed by atoms with Gasteiger partial charge in [-0.2, -0.15) is 11.8 Å². The van der Waals surface area contributed by atoms with Crippen LogP contribution in [0.3, 0.4) is 0 Å². The van der Waals surface area contributed by atoms with Gasteiger partial charge in [-0.05, 0) is 30.9 Å². The van der Waals surface area contributed by atoms with Crippen LogP contribution < -0.4 is 5.73 Å². The summed E-state index contributed by atoms with van der Waals surface area (Å²) in [6, 6.07) is 3.04. The Hall–Kier alpha value is 0.527. The molecule has 0 atom stereocenters. The lowest BCUT2D eigenvalue weighted by atomic mass is 10.4. The summed E-state index contributed by atoms with van der Waals surface area (Å²) in [5.41, 5.74) is 5.46. The van der Waals surface area contributed by atoms with Gasteiger partial charge in [-0.15, -0.1) is 0 Å². The molecule has 3 heteroatoms. The van der Waals surface area contributed by atoms with E-state index in [0.29, 0.717) is 0 Å². The lowest BCUT2D eigenvalue weighted by molar-refractivity contribution is 0.858. The summed E-state index contributed by atoms with van der Waals surface area (Å²) in [6.07, 6.45) is 5.42. The molecule has 0 aromatic heterocycles. The van der Waals surface area contributed by atoms with Crippen molar-refractivity contribution in [3.05, 3.63) is 0 Å². The molecule has 92 valence electrons. The fraction of sp³-hybridized carbons (Fsp3) is 1.00. The van der Waals surface area contributed by atoms with Crippen LogP contribution >= 0.6 is 11.8 Å². The van der Waals surface area contributed by atoms with Gasteiger partial charge in [-0.25, -0.2) is 0 Å². The minimum Gasteiger partial charge on any atom is -0.330 e. The van der Waals surface area contributed by atoms with E-state index < -0.39 is 8.07 Å². The molecule has 0 aromatic rings. The Bertz CT molecular complexity index is 140. The molecule has 0 heterocycles. The average molecular weight is 248 g/mol. The van der Waals surface area contributed by atoms with Gasteiger partial charge in [0.05, 0.1) is 0 Å². The summed E-state index contributed by atoms with van der Waals surface area (Å²) in [6.45, 7) is 8.25. The summed E-state index contributed by atoms with van der Waals surface area (Å²) in [7, 11) is -0.831. The highest BCUT2D eigenvalue weighted by atomic mass is 32.2. The van der Waals surface area contributed by atoms with Gasteiger partial charge in [0.25, 0.3) is 0 Å². The number of thioether (sulfide) groups is 1. The first-order chi connectivity index (χ1) is 7.12. The molecule has 0 aromatic carbocycles. The predicted octanol–water partition coefficient (Wildman–Crippen LogP) is 3.97. The van der Waals surface area contributed by atoms with Gasteiger partial charge < -0.3 is 5.73 Å². The van der Waals surface area contributed by atoms with Gasteiger partial charge in [0.1, 0.15) is 0 Å². The van der Waals surface area contributed by atoms with Crippen molar-refractivity contribution in [1.29, 1.82) is 0 Å². The molecule has 2 N–H and O–H groups in total. The van der Waals surface area contributed by atoms with Crippen LogP contribution in [-0.2, 0) is 0 Å². The van der Waals surface area contributed by atoms with Crippen LogP contribution in [-0.4, -0.2) is 26.1 Å². The Morgan fingerprint density at radius 2 is 1.60 bits per heavy atom. The normalized spacial score (nSPS) is 12.0. The van der Waals surface area contributed by atoms with E-state index in [-0.39, 0.29) is 0 Å². The second kappa shape index (κ2) is 9.73. The van der Waals surface area contributed by atoms with Crippen LogP contribution in [0.2, 0.25) is 25.2 Å². The number of hydrogen-bond donors (Lipinski definition) is 1. The molecule has 0 spiro atoms. The highest BCUT2D eigenvalue weighted by Gasteiger charge is 2.18. The van der Waals surface area contributed by atoms with E-state index in [4.69, 9.17) is 5.73 Å². The third kappa shape index (κ3) is 10.8. The average Bonchev–Trinajstić information content (AvgIpc) is 2.20. The standard InChI is InChI=1S/C12H29NSSi/c1-4-5-11-15(2,3)12-7-10-14-9-6-8-13/h4-13H2,1-3H3. The number of rotatable bonds is 10. The Labute approximate surface area is 102 Å². The maximum atomic E-state index is 5.46. The Morgan fingerprint density at radius 3 is 2.20 bits per heavy atom. The van der Waals surface area contributed by atoms with Crippen molar-refractivity contribution in [2.45, 2.75) is 57.8 Å². The van der Waals surface area contributed by atoms with Gasteiger partial charge >= 0.3 is 0 Å². The summed E-state index contributed by atoms with van der Waals surface area (Å²) in [4.78, 5) is 0. The van der Waals surface area contributed by atoms with Crippen LogP contribution in [0.25, 0.3) is 0 Å². The lowest BCUT2D eigenvalue weighted by Gasteiger charge is -2.21. The molecule has 0 bridgehead atoms. The zero-order valence-corrected chi connectivity index (χ0v) is 12.7. The first-order valence-electron chi connectivity index (χ1n) is 6.40. The van der Waals surface area contributed by atoms with E-state index in [0.717, 1.165) is 6.54 Å². The summed E-state index contributed by atoms with van der Waals surface area (Å²) >= 11 is 2.08. The molecule has 0 radical (unpaired) electrons. The third-order valence-corrected chi connectivity index (χ3v) is 7.41. The highest BCUT2D eigenvalue weighted by molar-refractivity contribution is 7.99. The number of hydrogen-bond acceptors (Lipinski definition) is 2. The van der Waals surface area contributed by atoms with E-state index >= 15 is 0 Å². The van der Waals surface area contributed by atoms with Crippen molar-refractivity contribution in [2.24, 2.45) is 5.73 Å². The fourth-order valence-corrected chi connectivity index (χ4v) is 5.59. The summed E-state index contributed by atoms with van der Waals surface area (Å²) < 4.78 is 0. The van der Waals surface area contributed by atoms with E-state index in [2.05, 4.69) is 31.8 Å². The maximum Gasteiger partial charge on any atom is 0.0474 e. The SMILES string of the molecule is CCCC[Si](C)(C)CCCSCCCN. The minimum atomic E-state index is -0.831. The number of unbranched alkanes of at least 4 members (excludes halogenated alkanes) is 1. The Balaban J connectivity index is 3.32. The highest BCUT2D eigenvalue weighted by Crippen LogP contribution is 2.21. The molecule has 0 unspecified atom stereocenters. The minimum absolute atomic E-state index is 0.831. The molecule has 0 rings (SSSR count).